The zero-order valence-corrected chi connectivity index (χ0v) is 44.8. The Morgan fingerprint density at radius 2 is 0.986 bits per heavy atom. The van der Waals surface area contributed by atoms with Gasteiger partial charge in [0.15, 0.2) is 0 Å². The molecule has 0 radical (unpaired) electrons. The Morgan fingerprint density at radius 3 is 1.60 bits per heavy atom. The zero-order chi connectivity index (χ0) is 49.4. The number of hydrogen-bond donors (Lipinski definition) is 0. The van der Waals surface area contributed by atoms with Gasteiger partial charge in [0, 0.05) is 39.4 Å². The summed E-state index contributed by atoms with van der Waals surface area (Å²) in [6.45, 7) is 36.4. The molecule has 3 heteroatoms. The highest BCUT2D eigenvalue weighted by atomic mass is 15.2. The molecule has 5 aliphatic rings. The Kier molecular flexibility index (Phi) is 9.49. The molecule has 0 fully saturated rings. The normalized spacial score (nSPS) is 19.0. The lowest BCUT2D eigenvalue weighted by Gasteiger charge is -2.49. The molecule has 0 spiro atoms. The fourth-order valence-electron chi connectivity index (χ4n) is 14.1. The smallest absolute Gasteiger partial charge is 0.333 e. The molecular weight excluding hydrogens is 844 g/mol. The minimum atomic E-state index is -0.248. The number of nitrogens with zero attached hydrogens (tertiary/aromatic N) is 2. The highest BCUT2D eigenvalue weighted by molar-refractivity contribution is 6.94. The van der Waals surface area contributed by atoms with E-state index < -0.39 is 0 Å². The first-order valence-electron chi connectivity index (χ1n) is 26.5. The quantitative estimate of drug-likeness (QED) is 0.163. The van der Waals surface area contributed by atoms with Crippen LogP contribution in [0.2, 0.25) is 0 Å². The van der Waals surface area contributed by atoms with Crippen LogP contribution in [0.4, 0.5) is 28.4 Å². The molecule has 0 unspecified atom stereocenters. The van der Waals surface area contributed by atoms with Crippen molar-refractivity contribution in [3.05, 3.63) is 171 Å². The van der Waals surface area contributed by atoms with Gasteiger partial charge in [0.2, 0.25) is 0 Å². The van der Waals surface area contributed by atoms with Crippen LogP contribution in [0.3, 0.4) is 0 Å². The van der Waals surface area contributed by atoms with E-state index in [1.165, 1.54) is 148 Å². The maximum absolute atomic E-state index is 2.81. The van der Waals surface area contributed by atoms with Crippen molar-refractivity contribution in [2.45, 2.75) is 162 Å². The summed E-state index contributed by atoms with van der Waals surface area (Å²) >= 11 is 0. The van der Waals surface area contributed by atoms with Crippen molar-refractivity contribution in [2.24, 2.45) is 0 Å². The third-order valence-corrected chi connectivity index (χ3v) is 18.6. The first-order chi connectivity index (χ1) is 32.9. The molecule has 0 amide bonds. The van der Waals surface area contributed by atoms with E-state index in [-0.39, 0.29) is 39.3 Å². The van der Waals surface area contributed by atoms with Gasteiger partial charge < -0.3 is 9.71 Å². The molecule has 0 bridgehead atoms. The number of hydrogen-bond acceptors (Lipinski definition) is 2. The lowest BCUT2D eigenvalue weighted by molar-refractivity contribution is 0.332. The summed E-state index contributed by atoms with van der Waals surface area (Å²) in [5.41, 5.74) is 30.1. The van der Waals surface area contributed by atoms with Gasteiger partial charge in [-0.1, -0.05) is 163 Å². The van der Waals surface area contributed by atoms with Gasteiger partial charge in [-0.2, -0.15) is 0 Å². The summed E-state index contributed by atoms with van der Waals surface area (Å²) in [4.78, 5) is 5.55. The maximum atomic E-state index is 2.81. The van der Waals surface area contributed by atoms with E-state index >= 15 is 0 Å². The average molecular weight is 917 g/mol. The number of aryl methyl sites for hydroxylation is 2. The van der Waals surface area contributed by atoms with Crippen LogP contribution in [0.15, 0.2) is 121 Å². The van der Waals surface area contributed by atoms with Crippen LogP contribution in [0.1, 0.15) is 166 Å². The third-order valence-electron chi connectivity index (χ3n) is 18.6. The van der Waals surface area contributed by atoms with Gasteiger partial charge in [-0.25, -0.2) is 0 Å². The largest absolute Gasteiger partial charge is 0.376 e. The van der Waals surface area contributed by atoms with Crippen molar-refractivity contribution in [2.75, 3.05) is 9.71 Å². The first-order valence-corrected chi connectivity index (χ1v) is 26.5. The van der Waals surface area contributed by atoms with Gasteiger partial charge in [-0.3, -0.25) is 0 Å². The van der Waals surface area contributed by atoms with Gasteiger partial charge >= 0.3 is 6.85 Å². The third kappa shape index (κ3) is 6.37. The molecule has 0 aromatic heterocycles. The van der Waals surface area contributed by atoms with Crippen LogP contribution < -0.4 is 20.6 Å². The van der Waals surface area contributed by atoms with Crippen LogP contribution in [-0.2, 0) is 32.5 Å². The maximum Gasteiger partial charge on any atom is 0.333 e. The van der Waals surface area contributed by atoms with Crippen molar-refractivity contribution < 1.29 is 0 Å². The lowest BCUT2D eigenvalue weighted by atomic mass is 9.41. The molecule has 2 aliphatic heterocycles. The molecule has 0 N–H and O–H groups in total. The molecule has 0 atom stereocenters. The number of fused-ring (bicyclic) bond motifs is 10. The number of benzene rings is 7. The molecule has 7 aromatic rings. The Morgan fingerprint density at radius 1 is 0.429 bits per heavy atom. The fourth-order valence-corrected chi connectivity index (χ4v) is 14.1. The summed E-state index contributed by atoms with van der Waals surface area (Å²) in [5.74, 6) is 0. The fraction of sp³-hybridized carbons (Fsp3) is 0.373. The van der Waals surface area contributed by atoms with E-state index in [9.17, 15) is 0 Å². The molecule has 0 saturated heterocycles. The molecule has 2 heterocycles. The standard InChI is InChI=1S/C67H73BN2/c1-40-20-16-17-21-45(40)42-35-49-48-37-52-54(66(12,13)33-31-64(52,8)9)39-57(48)70(44-26-24-43(25-27-44)62(3,4)5)68-60(49)58(36-42)69(56-38-53-51(34-41(56)2)63(6,7)30-32-65(53,10)11)55-29-28-47-46-22-18-19-23-50(46)67(14,15)59(47)61(55)68/h16-29,34-39H,30-33H2,1-15H3. The van der Waals surface area contributed by atoms with E-state index in [2.05, 4.69) is 235 Å². The van der Waals surface area contributed by atoms with Crippen LogP contribution >= 0.6 is 0 Å². The Bertz CT molecular complexity index is 3370. The van der Waals surface area contributed by atoms with Crippen molar-refractivity contribution in [3.63, 3.8) is 0 Å². The van der Waals surface area contributed by atoms with E-state index in [0.717, 1.165) is 0 Å². The minimum Gasteiger partial charge on any atom is -0.376 e. The van der Waals surface area contributed by atoms with E-state index in [1.54, 1.807) is 0 Å². The van der Waals surface area contributed by atoms with Crippen LogP contribution in [-0.4, -0.2) is 6.85 Å². The van der Waals surface area contributed by atoms with Crippen LogP contribution in [0.25, 0.3) is 33.4 Å². The summed E-state index contributed by atoms with van der Waals surface area (Å²) in [5, 5.41) is 0. The molecule has 3 aliphatic carbocycles. The Labute approximate surface area is 420 Å². The number of anilines is 5. The predicted molar refractivity (Wildman–Crippen MR) is 302 cm³/mol. The molecule has 7 aromatic carbocycles. The highest BCUT2D eigenvalue weighted by Crippen LogP contribution is 2.58. The van der Waals surface area contributed by atoms with Crippen molar-refractivity contribution in [3.8, 4) is 33.4 Å². The van der Waals surface area contributed by atoms with Crippen molar-refractivity contribution in [1.29, 1.82) is 0 Å². The highest BCUT2D eigenvalue weighted by Gasteiger charge is 2.52. The minimum absolute atomic E-state index is 0.0316. The molecular formula is C67H73BN2. The summed E-state index contributed by atoms with van der Waals surface area (Å²) in [6, 6.07) is 48.7. The molecule has 354 valence electrons. The number of rotatable bonds is 3. The van der Waals surface area contributed by atoms with Crippen molar-refractivity contribution >= 4 is 46.2 Å². The van der Waals surface area contributed by atoms with E-state index in [0.29, 0.717) is 0 Å². The first kappa shape index (κ1) is 45.4. The van der Waals surface area contributed by atoms with Gasteiger partial charge in [0.25, 0.3) is 0 Å². The van der Waals surface area contributed by atoms with Gasteiger partial charge in [-0.15, -0.1) is 0 Å². The second kappa shape index (κ2) is 14.7. The average Bonchev–Trinajstić information content (AvgIpc) is 3.54. The Balaban J connectivity index is 1.27. The van der Waals surface area contributed by atoms with Crippen LogP contribution in [0, 0.1) is 13.8 Å². The second-order valence-corrected chi connectivity index (χ2v) is 26.4. The topological polar surface area (TPSA) is 6.48 Å². The molecule has 70 heavy (non-hydrogen) atoms. The molecule has 12 rings (SSSR count). The monoisotopic (exact) mass is 917 g/mol. The lowest BCUT2D eigenvalue weighted by Crippen LogP contribution is -2.63. The van der Waals surface area contributed by atoms with Crippen LogP contribution in [0.5, 0.6) is 0 Å². The Hall–Kier alpha value is -5.80. The zero-order valence-electron chi connectivity index (χ0n) is 44.8. The van der Waals surface area contributed by atoms with Gasteiger partial charge in [0.1, 0.15) is 0 Å². The molecule has 2 nitrogen and oxygen atoms in total. The second-order valence-electron chi connectivity index (χ2n) is 26.4. The summed E-state index contributed by atoms with van der Waals surface area (Å²) in [7, 11) is 0. The molecule has 0 saturated carbocycles. The summed E-state index contributed by atoms with van der Waals surface area (Å²) < 4.78 is 0. The van der Waals surface area contributed by atoms with E-state index in [1.807, 2.05) is 0 Å². The predicted octanol–water partition coefficient (Wildman–Crippen LogP) is 17.0. The van der Waals surface area contributed by atoms with E-state index in [4.69, 9.17) is 0 Å². The van der Waals surface area contributed by atoms with Gasteiger partial charge in [-0.05, 0) is 204 Å². The summed E-state index contributed by atoms with van der Waals surface area (Å²) in [6.07, 6.45) is 4.70. The SMILES string of the molecule is Cc1ccccc1-c1cc2c3c(c1)N(c1cc4c(cc1C)C(C)(C)CCC4(C)C)c1ccc4c(c1B3N(c1ccc(C(C)(C)C)cc1)c1cc3c(cc1-2)C(C)(C)CCC3(C)C)C(C)(C)c1ccccc1-4. The van der Waals surface area contributed by atoms with Crippen molar-refractivity contribution in [1.82, 2.24) is 0 Å². The van der Waals surface area contributed by atoms with Gasteiger partial charge in [0.05, 0.1) is 0 Å².